The lowest BCUT2D eigenvalue weighted by Gasteiger charge is -2.34. The van der Waals surface area contributed by atoms with Crippen molar-refractivity contribution in [3.63, 3.8) is 0 Å². The minimum absolute atomic E-state index is 0.606. The van der Waals surface area contributed by atoms with Crippen LogP contribution in [0.3, 0.4) is 0 Å². The van der Waals surface area contributed by atoms with Crippen LogP contribution >= 0.6 is 0 Å². The predicted molar refractivity (Wildman–Crippen MR) is 53.6 cm³/mol. The molecule has 0 saturated carbocycles. The summed E-state index contributed by atoms with van der Waals surface area (Å²) < 4.78 is 0. The first-order valence-corrected chi connectivity index (χ1v) is 5.03. The second-order valence-corrected chi connectivity index (χ2v) is 3.86. The Balaban J connectivity index is 2.06. The number of para-hydroxylation sites is 1. The van der Waals surface area contributed by atoms with Crippen LogP contribution in [-0.2, 0) is 6.54 Å². The molecule has 0 amide bonds. The molecular formula is C11H14N2. The molecular weight excluding hydrogens is 160 g/mol. The van der Waals surface area contributed by atoms with Gasteiger partial charge in [0.25, 0.3) is 0 Å². The van der Waals surface area contributed by atoms with E-state index in [-0.39, 0.29) is 0 Å². The van der Waals surface area contributed by atoms with Crippen molar-refractivity contribution in [3.8, 4) is 0 Å². The van der Waals surface area contributed by atoms with E-state index in [2.05, 4.69) is 34.5 Å². The molecule has 1 aromatic rings. The summed E-state index contributed by atoms with van der Waals surface area (Å²) in [6.07, 6.45) is 3.23. The van der Waals surface area contributed by atoms with Gasteiger partial charge in [0, 0.05) is 18.8 Å². The highest BCUT2D eigenvalue weighted by Crippen LogP contribution is 2.30. The summed E-state index contributed by atoms with van der Waals surface area (Å²) in [5, 5.41) is 3.56. The number of hydrogen-bond acceptors (Lipinski definition) is 2. The average molecular weight is 174 g/mol. The van der Waals surface area contributed by atoms with Crippen LogP contribution in [-0.4, -0.2) is 12.7 Å². The molecule has 2 heterocycles. The van der Waals surface area contributed by atoms with Gasteiger partial charge in [-0.15, -0.1) is 0 Å². The summed E-state index contributed by atoms with van der Waals surface area (Å²) in [6, 6.07) is 8.72. The Morgan fingerprint density at radius 1 is 1.31 bits per heavy atom. The van der Waals surface area contributed by atoms with Gasteiger partial charge < -0.3 is 4.90 Å². The van der Waals surface area contributed by atoms with Crippen molar-refractivity contribution in [2.45, 2.75) is 25.6 Å². The van der Waals surface area contributed by atoms with Crippen LogP contribution in [0, 0.1) is 0 Å². The first-order chi connectivity index (χ1) is 6.45. The van der Waals surface area contributed by atoms with E-state index in [0.29, 0.717) is 6.17 Å². The van der Waals surface area contributed by atoms with Crippen molar-refractivity contribution < 1.29 is 0 Å². The third kappa shape index (κ3) is 1.05. The van der Waals surface area contributed by atoms with E-state index in [1.54, 1.807) is 0 Å². The number of nitrogens with zero attached hydrogens (tertiary/aromatic N) is 1. The van der Waals surface area contributed by atoms with Gasteiger partial charge in [-0.25, -0.2) is 0 Å². The van der Waals surface area contributed by atoms with Crippen LogP contribution in [0.4, 0.5) is 5.69 Å². The Morgan fingerprint density at radius 2 is 2.23 bits per heavy atom. The SMILES string of the molecule is c1ccc2c(c1)CNC1CCCN21. The number of anilines is 1. The molecule has 2 nitrogen and oxygen atoms in total. The zero-order valence-corrected chi connectivity index (χ0v) is 7.66. The van der Waals surface area contributed by atoms with Crippen LogP contribution < -0.4 is 10.2 Å². The molecule has 13 heavy (non-hydrogen) atoms. The summed E-state index contributed by atoms with van der Waals surface area (Å²) in [6.45, 7) is 2.26. The molecule has 0 spiro atoms. The summed E-state index contributed by atoms with van der Waals surface area (Å²) in [4.78, 5) is 2.50. The van der Waals surface area contributed by atoms with Crippen LogP contribution in [0.5, 0.6) is 0 Å². The molecule has 1 atom stereocenters. The molecule has 1 N–H and O–H groups in total. The largest absolute Gasteiger partial charge is 0.356 e. The number of hydrogen-bond donors (Lipinski definition) is 1. The topological polar surface area (TPSA) is 15.3 Å². The van der Waals surface area contributed by atoms with Gasteiger partial charge in [-0.1, -0.05) is 18.2 Å². The minimum Gasteiger partial charge on any atom is -0.356 e. The van der Waals surface area contributed by atoms with E-state index < -0.39 is 0 Å². The number of benzene rings is 1. The third-order valence-corrected chi connectivity index (χ3v) is 3.08. The lowest BCUT2D eigenvalue weighted by molar-refractivity contribution is 0.503. The summed E-state index contributed by atoms with van der Waals surface area (Å²) in [7, 11) is 0. The highest BCUT2D eigenvalue weighted by atomic mass is 15.3. The third-order valence-electron chi connectivity index (χ3n) is 3.08. The Kier molecular flexibility index (Phi) is 1.56. The smallest absolute Gasteiger partial charge is 0.0799 e. The maximum atomic E-state index is 3.56. The van der Waals surface area contributed by atoms with Crippen molar-refractivity contribution in [2.75, 3.05) is 11.4 Å². The molecule has 1 aromatic carbocycles. The number of nitrogens with one attached hydrogen (secondary N) is 1. The van der Waals surface area contributed by atoms with Gasteiger partial charge in [-0.3, -0.25) is 5.32 Å². The standard InChI is InChI=1S/C11H14N2/c1-2-5-10-9(4-1)8-12-11-6-3-7-13(10)11/h1-2,4-5,11-12H,3,6-8H2. The first-order valence-electron chi connectivity index (χ1n) is 5.03. The van der Waals surface area contributed by atoms with Crippen molar-refractivity contribution >= 4 is 5.69 Å². The fourth-order valence-electron chi connectivity index (χ4n) is 2.44. The molecule has 0 aromatic heterocycles. The van der Waals surface area contributed by atoms with E-state index in [9.17, 15) is 0 Å². The number of fused-ring (bicyclic) bond motifs is 3. The molecule has 2 heteroatoms. The Morgan fingerprint density at radius 3 is 3.23 bits per heavy atom. The maximum absolute atomic E-state index is 3.56. The summed E-state index contributed by atoms with van der Waals surface area (Å²) in [5.74, 6) is 0. The average Bonchev–Trinajstić information content (AvgIpc) is 2.65. The van der Waals surface area contributed by atoms with Crippen molar-refractivity contribution in [3.05, 3.63) is 29.8 Å². The second-order valence-electron chi connectivity index (χ2n) is 3.86. The number of rotatable bonds is 0. The minimum atomic E-state index is 0.606. The highest BCUT2D eigenvalue weighted by Gasteiger charge is 2.28. The maximum Gasteiger partial charge on any atom is 0.0799 e. The van der Waals surface area contributed by atoms with Gasteiger partial charge in [-0.2, -0.15) is 0 Å². The van der Waals surface area contributed by atoms with Crippen molar-refractivity contribution in [2.24, 2.45) is 0 Å². The molecule has 2 aliphatic heterocycles. The normalized spacial score (nSPS) is 25.5. The predicted octanol–water partition coefficient (Wildman–Crippen LogP) is 1.72. The molecule has 2 aliphatic rings. The van der Waals surface area contributed by atoms with E-state index in [0.717, 1.165) is 6.54 Å². The van der Waals surface area contributed by atoms with E-state index >= 15 is 0 Å². The van der Waals surface area contributed by atoms with E-state index in [1.807, 2.05) is 0 Å². The van der Waals surface area contributed by atoms with Crippen molar-refractivity contribution in [1.29, 1.82) is 0 Å². The Hall–Kier alpha value is -1.02. The van der Waals surface area contributed by atoms with Crippen LogP contribution in [0.2, 0.25) is 0 Å². The van der Waals surface area contributed by atoms with Gasteiger partial charge in [0.15, 0.2) is 0 Å². The lowest BCUT2D eigenvalue weighted by Crippen LogP contribution is -2.45. The van der Waals surface area contributed by atoms with E-state index in [1.165, 1.54) is 30.6 Å². The van der Waals surface area contributed by atoms with E-state index in [4.69, 9.17) is 0 Å². The lowest BCUT2D eigenvalue weighted by atomic mass is 10.1. The highest BCUT2D eigenvalue weighted by molar-refractivity contribution is 5.56. The molecule has 68 valence electrons. The van der Waals surface area contributed by atoms with Gasteiger partial charge in [0.05, 0.1) is 6.17 Å². The fourth-order valence-corrected chi connectivity index (χ4v) is 2.44. The van der Waals surface area contributed by atoms with Gasteiger partial charge in [0.2, 0.25) is 0 Å². The monoisotopic (exact) mass is 174 g/mol. The molecule has 1 fully saturated rings. The van der Waals surface area contributed by atoms with Crippen LogP contribution in [0.25, 0.3) is 0 Å². The molecule has 1 unspecified atom stereocenters. The quantitative estimate of drug-likeness (QED) is 0.644. The molecule has 0 radical (unpaired) electrons. The first kappa shape index (κ1) is 7.39. The Bertz CT molecular complexity index is 322. The Labute approximate surface area is 78.6 Å². The van der Waals surface area contributed by atoms with Crippen molar-refractivity contribution in [1.82, 2.24) is 5.32 Å². The molecule has 0 bridgehead atoms. The zero-order chi connectivity index (χ0) is 8.67. The summed E-state index contributed by atoms with van der Waals surface area (Å²) >= 11 is 0. The second kappa shape index (κ2) is 2.74. The fraction of sp³-hybridized carbons (Fsp3) is 0.455. The molecule has 0 aliphatic carbocycles. The van der Waals surface area contributed by atoms with Gasteiger partial charge in [0.1, 0.15) is 0 Å². The molecule has 1 saturated heterocycles. The van der Waals surface area contributed by atoms with Crippen LogP contribution in [0.1, 0.15) is 18.4 Å². The zero-order valence-electron chi connectivity index (χ0n) is 7.66. The van der Waals surface area contributed by atoms with Gasteiger partial charge in [-0.05, 0) is 24.5 Å². The summed E-state index contributed by atoms with van der Waals surface area (Å²) in [5.41, 5.74) is 2.89. The van der Waals surface area contributed by atoms with Gasteiger partial charge >= 0.3 is 0 Å². The van der Waals surface area contributed by atoms with Crippen LogP contribution in [0.15, 0.2) is 24.3 Å². The molecule has 3 rings (SSSR count).